The van der Waals surface area contributed by atoms with E-state index in [-0.39, 0.29) is 5.60 Å². The van der Waals surface area contributed by atoms with Crippen LogP contribution in [0.4, 0.5) is 0 Å². The highest BCUT2D eigenvalue weighted by molar-refractivity contribution is 4.94. The van der Waals surface area contributed by atoms with E-state index in [0.717, 1.165) is 19.6 Å². The summed E-state index contributed by atoms with van der Waals surface area (Å²) in [5.74, 6) is 0. The number of allylic oxidation sites excluding steroid dienone is 1. The molecular weight excluding hydrogens is 258 g/mol. The molecule has 0 aromatic rings. The van der Waals surface area contributed by atoms with Gasteiger partial charge >= 0.3 is 0 Å². The molecule has 1 aliphatic carbocycles. The van der Waals surface area contributed by atoms with Crippen LogP contribution >= 0.6 is 0 Å². The maximum Gasteiger partial charge on any atom is 0.0834 e. The zero-order valence-corrected chi connectivity index (χ0v) is 14.5. The molecule has 1 N–H and O–H groups in total. The first-order chi connectivity index (χ1) is 10.3. The average Bonchev–Trinajstić information content (AvgIpc) is 2.73. The Hall–Kier alpha value is -0.340. The monoisotopic (exact) mass is 295 g/mol. The van der Waals surface area contributed by atoms with Crippen LogP contribution in [0.3, 0.4) is 0 Å². The van der Waals surface area contributed by atoms with Gasteiger partial charge in [-0.05, 0) is 45.6 Å². The molecule has 2 heteroatoms. The molecule has 0 spiro atoms. The van der Waals surface area contributed by atoms with Crippen LogP contribution in [0, 0.1) is 0 Å². The quantitative estimate of drug-likeness (QED) is 0.320. The van der Waals surface area contributed by atoms with Crippen molar-refractivity contribution in [3.63, 3.8) is 0 Å². The molecule has 0 radical (unpaired) electrons. The highest BCUT2D eigenvalue weighted by Gasteiger charge is 2.38. The summed E-state index contributed by atoms with van der Waals surface area (Å²) < 4.78 is 6.36. The molecule has 1 rings (SSSR count). The van der Waals surface area contributed by atoms with Gasteiger partial charge in [0.2, 0.25) is 0 Å². The predicted octanol–water partition coefficient (Wildman–Crippen LogP) is 5.23. The van der Waals surface area contributed by atoms with Gasteiger partial charge in [0, 0.05) is 12.6 Å². The highest BCUT2D eigenvalue weighted by Crippen LogP contribution is 2.35. The predicted molar refractivity (Wildman–Crippen MR) is 92.8 cm³/mol. The van der Waals surface area contributed by atoms with Crippen LogP contribution in [0.25, 0.3) is 0 Å². The molecule has 0 aromatic carbocycles. The van der Waals surface area contributed by atoms with Gasteiger partial charge in [-0.3, -0.25) is 0 Å². The van der Waals surface area contributed by atoms with E-state index in [1.165, 1.54) is 64.2 Å². The summed E-state index contributed by atoms with van der Waals surface area (Å²) in [5, 5.41) is 3.75. The molecule has 0 bridgehead atoms. The Morgan fingerprint density at radius 3 is 2.38 bits per heavy atom. The molecule has 0 aliphatic heterocycles. The van der Waals surface area contributed by atoms with E-state index in [9.17, 15) is 0 Å². The minimum absolute atomic E-state index is 0.0969. The molecule has 1 fully saturated rings. The summed E-state index contributed by atoms with van der Waals surface area (Å²) in [5.41, 5.74) is 0.0969. The molecule has 21 heavy (non-hydrogen) atoms. The Morgan fingerprint density at radius 1 is 1.10 bits per heavy atom. The third-order valence-corrected chi connectivity index (χ3v) is 4.87. The van der Waals surface area contributed by atoms with Crippen molar-refractivity contribution in [1.82, 2.24) is 5.32 Å². The van der Waals surface area contributed by atoms with Crippen molar-refractivity contribution in [2.45, 2.75) is 96.1 Å². The number of hydrogen-bond donors (Lipinski definition) is 1. The third-order valence-electron chi connectivity index (χ3n) is 4.87. The Balaban J connectivity index is 2.60. The molecule has 2 nitrogen and oxygen atoms in total. The van der Waals surface area contributed by atoms with Crippen LogP contribution in [0.1, 0.15) is 84.5 Å². The lowest BCUT2D eigenvalue weighted by Crippen LogP contribution is -2.52. The van der Waals surface area contributed by atoms with Crippen molar-refractivity contribution in [1.29, 1.82) is 0 Å². The molecule has 0 amide bonds. The van der Waals surface area contributed by atoms with E-state index < -0.39 is 0 Å². The van der Waals surface area contributed by atoms with Crippen molar-refractivity contribution in [2.75, 3.05) is 13.2 Å². The van der Waals surface area contributed by atoms with Gasteiger partial charge < -0.3 is 10.1 Å². The fraction of sp³-hybridized carbons (Fsp3) is 0.895. The van der Waals surface area contributed by atoms with Crippen molar-refractivity contribution in [3.05, 3.63) is 12.7 Å². The fourth-order valence-corrected chi connectivity index (χ4v) is 3.82. The SMILES string of the molecule is C=CCCCCCC(NCC)C1(OCC)CCCCCC1. The molecule has 124 valence electrons. The van der Waals surface area contributed by atoms with Gasteiger partial charge in [0.25, 0.3) is 0 Å². The van der Waals surface area contributed by atoms with E-state index >= 15 is 0 Å². The highest BCUT2D eigenvalue weighted by atomic mass is 16.5. The summed E-state index contributed by atoms with van der Waals surface area (Å²) in [6, 6.07) is 0.532. The standard InChI is InChI=1S/C19H37NO/c1-4-7-8-9-12-15-18(20-5-2)19(21-6-3)16-13-10-11-14-17-19/h4,18,20H,1,5-17H2,2-3H3. The smallest absolute Gasteiger partial charge is 0.0834 e. The number of ether oxygens (including phenoxy) is 1. The minimum Gasteiger partial charge on any atom is -0.374 e. The average molecular weight is 296 g/mol. The topological polar surface area (TPSA) is 21.3 Å². The maximum atomic E-state index is 6.36. The second-order valence-corrected chi connectivity index (χ2v) is 6.45. The summed E-state index contributed by atoms with van der Waals surface area (Å²) in [4.78, 5) is 0. The first-order valence-electron chi connectivity index (χ1n) is 9.27. The van der Waals surface area contributed by atoms with E-state index in [2.05, 4.69) is 25.7 Å². The summed E-state index contributed by atoms with van der Waals surface area (Å²) in [7, 11) is 0. The second-order valence-electron chi connectivity index (χ2n) is 6.45. The van der Waals surface area contributed by atoms with Gasteiger partial charge in [-0.15, -0.1) is 6.58 Å². The van der Waals surface area contributed by atoms with Crippen LogP contribution in [-0.4, -0.2) is 24.8 Å². The molecule has 0 saturated heterocycles. The van der Waals surface area contributed by atoms with Crippen molar-refractivity contribution in [3.8, 4) is 0 Å². The van der Waals surface area contributed by atoms with Gasteiger partial charge in [0.05, 0.1) is 5.60 Å². The molecular formula is C19H37NO. The van der Waals surface area contributed by atoms with Crippen LogP contribution in [0.5, 0.6) is 0 Å². The lowest BCUT2D eigenvalue weighted by atomic mass is 9.83. The van der Waals surface area contributed by atoms with Crippen LogP contribution in [-0.2, 0) is 4.74 Å². The normalized spacial score (nSPS) is 19.9. The Kier molecular flexibility index (Phi) is 10.0. The number of likely N-dealkylation sites (N-methyl/N-ethyl adjacent to an activating group) is 1. The van der Waals surface area contributed by atoms with E-state index in [0.29, 0.717) is 6.04 Å². The molecule has 0 heterocycles. The second kappa shape index (κ2) is 11.3. The molecule has 0 aromatic heterocycles. The van der Waals surface area contributed by atoms with Gasteiger partial charge in [0.1, 0.15) is 0 Å². The van der Waals surface area contributed by atoms with Gasteiger partial charge in [-0.2, -0.15) is 0 Å². The molecule has 1 saturated carbocycles. The van der Waals surface area contributed by atoms with Crippen molar-refractivity contribution >= 4 is 0 Å². The van der Waals surface area contributed by atoms with Crippen molar-refractivity contribution < 1.29 is 4.74 Å². The number of rotatable bonds is 11. The zero-order valence-electron chi connectivity index (χ0n) is 14.5. The lowest BCUT2D eigenvalue weighted by Gasteiger charge is -2.41. The van der Waals surface area contributed by atoms with Gasteiger partial charge in [-0.1, -0.05) is 51.5 Å². The molecule has 1 atom stereocenters. The first kappa shape index (κ1) is 18.7. The largest absolute Gasteiger partial charge is 0.374 e. The van der Waals surface area contributed by atoms with Crippen molar-refractivity contribution in [2.24, 2.45) is 0 Å². The Morgan fingerprint density at radius 2 is 1.81 bits per heavy atom. The first-order valence-corrected chi connectivity index (χ1v) is 9.27. The number of nitrogens with one attached hydrogen (secondary N) is 1. The van der Waals surface area contributed by atoms with Crippen LogP contribution in [0.2, 0.25) is 0 Å². The van der Waals surface area contributed by atoms with Gasteiger partial charge in [-0.25, -0.2) is 0 Å². The maximum absolute atomic E-state index is 6.36. The Labute approximate surface area is 132 Å². The number of unbranched alkanes of at least 4 members (excludes halogenated alkanes) is 3. The Bertz CT molecular complexity index is 256. The van der Waals surface area contributed by atoms with E-state index in [1.54, 1.807) is 0 Å². The fourth-order valence-electron chi connectivity index (χ4n) is 3.82. The lowest BCUT2D eigenvalue weighted by molar-refractivity contribution is -0.0786. The van der Waals surface area contributed by atoms with E-state index in [4.69, 9.17) is 4.74 Å². The summed E-state index contributed by atoms with van der Waals surface area (Å²) in [6.45, 7) is 10.1. The minimum atomic E-state index is 0.0969. The molecule has 1 aliphatic rings. The third kappa shape index (κ3) is 6.52. The van der Waals surface area contributed by atoms with Gasteiger partial charge in [0.15, 0.2) is 0 Å². The van der Waals surface area contributed by atoms with E-state index in [1.807, 2.05) is 6.08 Å². The van der Waals surface area contributed by atoms with Crippen LogP contribution in [0.15, 0.2) is 12.7 Å². The van der Waals surface area contributed by atoms with Crippen LogP contribution < -0.4 is 5.32 Å². The summed E-state index contributed by atoms with van der Waals surface area (Å²) in [6.07, 6.45) is 16.3. The zero-order chi connectivity index (χ0) is 15.4. The summed E-state index contributed by atoms with van der Waals surface area (Å²) >= 11 is 0. The molecule has 1 unspecified atom stereocenters. The number of hydrogen-bond acceptors (Lipinski definition) is 2.